The number of benzene rings is 1. The SMILES string of the molecule is COc1ccc(-c2cnc(NCc3c(F)ccc4c3CCO4)n3cnnc23)c2ncc(C#N)n12. The Morgan fingerprint density at radius 3 is 2.94 bits per heavy atom. The number of aromatic nitrogens is 6. The van der Waals surface area contributed by atoms with E-state index in [1.807, 2.05) is 6.07 Å². The molecule has 0 aliphatic carbocycles. The molecule has 10 nitrogen and oxygen atoms in total. The van der Waals surface area contributed by atoms with E-state index in [1.165, 1.54) is 25.7 Å². The summed E-state index contributed by atoms with van der Waals surface area (Å²) >= 11 is 0. The highest BCUT2D eigenvalue weighted by Gasteiger charge is 2.21. The fourth-order valence-electron chi connectivity index (χ4n) is 4.33. The van der Waals surface area contributed by atoms with Gasteiger partial charge in [0.2, 0.25) is 5.95 Å². The summed E-state index contributed by atoms with van der Waals surface area (Å²) in [4.78, 5) is 8.97. The molecule has 168 valence electrons. The van der Waals surface area contributed by atoms with E-state index in [1.54, 1.807) is 27.1 Å². The van der Waals surface area contributed by atoms with E-state index < -0.39 is 0 Å². The molecule has 0 bridgehead atoms. The van der Waals surface area contributed by atoms with Crippen molar-refractivity contribution in [3.63, 3.8) is 0 Å². The van der Waals surface area contributed by atoms with Crippen molar-refractivity contribution in [3.8, 4) is 28.8 Å². The zero-order valence-corrected chi connectivity index (χ0v) is 18.0. The lowest BCUT2D eigenvalue weighted by molar-refractivity contribution is 0.356. The number of rotatable bonds is 5. The summed E-state index contributed by atoms with van der Waals surface area (Å²) in [5.41, 5.74) is 4.23. The number of hydrogen-bond acceptors (Lipinski definition) is 8. The summed E-state index contributed by atoms with van der Waals surface area (Å²) in [6.07, 6.45) is 5.35. The number of nitrogens with zero attached hydrogens (tertiary/aromatic N) is 7. The topological polar surface area (TPSA) is 115 Å². The van der Waals surface area contributed by atoms with Gasteiger partial charge in [-0.05, 0) is 24.3 Å². The van der Waals surface area contributed by atoms with Gasteiger partial charge in [-0.25, -0.2) is 14.4 Å². The zero-order chi connectivity index (χ0) is 23.2. The van der Waals surface area contributed by atoms with Gasteiger partial charge in [0.25, 0.3) is 0 Å². The number of nitriles is 1. The van der Waals surface area contributed by atoms with Gasteiger partial charge in [0.05, 0.1) is 19.9 Å². The zero-order valence-electron chi connectivity index (χ0n) is 18.0. The lowest BCUT2D eigenvalue weighted by Crippen LogP contribution is -2.10. The molecule has 1 aliphatic rings. The number of nitrogens with one attached hydrogen (secondary N) is 1. The summed E-state index contributed by atoms with van der Waals surface area (Å²) in [5, 5.41) is 21.0. The fraction of sp³-hybridized carbons (Fsp3) is 0.174. The maximum Gasteiger partial charge on any atom is 0.210 e. The van der Waals surface area contributed by atoms with E-state index in [4.69, 9.17) is 9.47 Å². The standard InChI is InChI=1S/C23H17FN8O2/c1-33-20-5-2-15(21-26-9-13(8-25)32(20)21)17-11-28-23(31-12-29-30-22(17)31)27-10-16-14-6-7-34-19(14)4-3-18(16)24/h2-5,9,11-12H,6-7,10H2,1H3,(H,27,28). The summed E-state index contributed by atoms with van der Waals surface area (Å²) < 4.78 is 28.8. The Morgan fingerprint density at radius 1 is 1.18 bits per heavy atom. The number of halogens is 1. The van der Waals surface area contributed by atoms with Crippen LogP contribution in [0.5, 0.6) is 11.6 Å². The highest BCUT2D eigenvalue weighted by atomic mass is 19.1. The summed E-state index contributed by atoms with van der Waals surface area (Å²) in [5.74, 6) is 1.38. The second-order valence-electron chi connectivity index (χ2n) is 7.68. The van der Waals surface area contributed by atoms with Crippen molar-refractivity contribution in [2.75, 3.05) is 19.0 Å². The molecule has 1 aromatic carbocycles. The first-order valence-corrected chi connectivity index (χ1v) is 10.5. The number of hydrogen-bond donors (Lipinski definition) is 1. The predicted octanol–water partition coefficient (Wildman–Crippen LogP) is 3.01. The Balaban J connectivity index is 1.41. The van der Waals surface area contributed by atoms with Gasteiger partial charge in [0.1, 0.15) is 35.3 Å². The largest absolute Gasteiger partial charge is 0.493 e. The number of anilines is 1. The van der Waals surface area contributed by atoms with Crippen LogP contribution in [0.25, 0.3) is 22.4 Å². The van der Waals surface area contributed by atoms with Crippen molar-refractivity contribution in [1.82, 2.24) is 29.0 Å². The molecule has 34 heavy (non-hydrogen) atoms. The average Bonchev–Trinajstić information content (AvgIpc) is 3.62. The lowest BCUT2D eigenvalue weighted by Gasteiger charge is -2.13. The number of fused-ring (bicyclic) bond motifs is 3. The minimum Gasteiger partial charge on any atom is -0.493 e. The molecule has 0 spiro atoms. The molecule has 6 rings (SSSR count). The average molecular weight is 456 g/mol. The van der Waals surface area contributed by atoms with E-state index in [9.17, 15) is 9.65 Å². The molecule has 5 heterocycles. The van der Waals surface area contributed by atoms with Gasteiger partial charge in [-0.1, -0.05) is 0 Å². The van der Waals surface area contributed by atoms with Gasteiger partial charge in [-0.3, -0.25) is 8.80 Å². The monoisotopic (exact) mass is 456 g/mol. The molecule has 5 aromatic rings. The molecule has 0 radical (unpaired) electrons. The van der Waals surface area contributed by atoms with Crippen molar-refractivity contribution < 1.29 is 13.9 Å². The summed E-state index contributed by atoms with van der Waals surface area (Å²) in [6, 6.07) is 8.79. The Kier molecular flexibility index (Phi) is 4.51. The first-order valence-electron chi connectivity index (χ1n) is 10.5. The molecule has 1 aliphatic heterocycles. The molecular formula is C23H17FN8O2. The van der Waals surface area contributed by atoms with Gasteiger partial charge in [0.15, 0.2) is 11.5 Å². The minimum atomic E-state index is -0.290. The second-order valence-corrected chi connectivity index (χ2v) is 7.68. The molecule has 4 aromatic heterocycles. The maximum absolute atomic E-state index is 14.5. The van der Waals surface area contributed by atoms with Crippen molar-refractivity contribution in [2.45, 2.75) is 13.0 Å². The molecule has 11 heteroatoms. The van der Waals surface area contributed by atoms with Crippen molar-refractivity contribution in [1.29, 1.82) is 5.26 Å². The third-order valence-corrected chi connectivity index (χ3v) is 5.93. The van der Waals surface area contributed by atoms with Crippen molar-refractivity contribution in [2.24, 2.45) is 0 Å². The van der Waals surface area contributed by atoms with E-state index >= 15 is 0 Å². The van der Waals surface area contributed by atoms with Crippen LogP contribution in [0.1, 0.15) is 16.8 Å². The van der Waals surface area contributed by atoms with E-state index in [0.29, 0.717) is 58.5 Å². The van der Waals surface area contributed by atoms with Crippen LogP contribution in [0, 0.1) is 17.1 Å². The van der Waals surface area contributed by atoms with Crippen LogP contribution >= 0.6 is 0 Å². The Hall–Kier alpha value is -4.72. The van der Waals surface area contributed by atoms with Gasteiger partial charge < -0.3 is 14.8 Å². The van der Waals surface area contributed by atoms with Crippen LogP contribution in [0.4, 0.5) is 10.3 Å². The van der Waals surface area contributed by atoms with Gasteiger partial charge in [0, 0.05) is 41.4 Å². The summed E-state index contributed by atoms with van der Waals surface area (Å²) in [7, 11) is 1.53. The molecule has 0 saturated heterocycles. The molecule has 1 N–H and O–H groups in total. The summed E-state index contributed by atoms with van der Waals surface area (Å²) in [6.45, 7) is 0.780. The first-order chi connectivity index (χ1) is 16.7. The Labute approximate surface area is 192 Å². The Morgan fingerprint density at radius 2 is 2.09 bits per heavy atom. The van der Waals surface area contributed by atoms with Gasteiger partial charge in [-0.2, -0.15) is 5.26 Å². The normalized spacial score (nSPS) is 12.5. The van der Waals surface area contributed by atoms with E-state index in [0.717, 1.165) is 11.3 Å². The molecule has 0 atom stereocenters. The quantitative estimate of drug-likeness (QED) is 0.429. The smallest absolute Gasteiger partial charge is 0.210 e. The highest BCUT2D eigenvalue weighted by Crippen LogP contribution is 2.33. The predicted molar refractivity (Wildman–Crippen MR) is 119 cm³/mol. The van der Waals surface area contributed by atoms with E-state index in [2.05, 4.69) is 31.6 Å². The Bertz CT molecular complexity index is 1620. The minimum absolute atomic E-state index is 0.233. The lowest BCUT2D eigenvalue weighted by atomic mass is 10.0. The molecule has 0 saturated carbocycles. The van der Waals surface area contributed by atoms with Gasteiger partial charge in [-0.15, -0.1) is 10.2 Å². The second kappa shape index (κ2) is 7.70. The first kappa shape index (κ1) is 19.9. The number of methoxy groups -OCH3 is 1. The molecule has 0 unspecified atom stereocenters. The third kappa shape index (κ3) is 2.92. The number of ether oxygens (including phenoxy) is 2. The van der Waals surface area contributed by atoms with Crippen LogP contribution in [0.3, 0.4) is 0 Å². The van der Waals surface area contributed by atoms with Crippen LogP contribution in [0.2, 0.25) is 0 Å². The van der Waals surface area contributed by atoms with E-state index in [-0.39, 0.29) is 12.4 Å². The number of pyridine rings is 1. The van der Waals surface area contributed by atoms with Crippen LogP contribution < -0.4 is 14.8 Å². The highest BCUT2D eigenvalue weighted by molar-refractivity contribution is 5.86. The van der Waals surface area contributed by atoms with Crippen LogP contribution in [0.15, 0.2) is 43.0 Å². The molecule has 0 amide bonds. The molecule has 0 fully saturated rings. The molecular weight excluding hydrogens is 439 g/mol. The van der Waals surface area contributed by atoms with Crippen molar-refractivity contribution in [3.05, 3.63) is 65.6 Å². The third-order valence-electron chi connectivity index (χ3n) is 5.93. The number of imidazole rings is 1. The maximum atomic E-state index is 14.5. The van der Waals surface area contributed by atoms with Crippen molar-refractivity contribution >= 4 is 17.2 Å². The van der Waals surface area contributed by atoms with Crippen LogP contribution in [-0.2, 0) is 13.0 Å². The van der Waals surface area contributed by atoms with Crippen LogP contribution in [-0.4, -0.2) is 42.7 Å². The van der Waals surface area contributed by atoms with Gasteiger partial charge >= 0.3 is 0 Å². The fourth-order valence-corrected chi connectivity index (χ4v) is 4.33.